The van der Waals surface area contributed by atoms with Crippen LogP contribution in [-0.2, 0) is 13.1 Å². The normalized spacial score (nSPS) is 10.8. The van der Waals surface area contributed by atoms with Crippen LogP contribution in [0.4, 0.5) is 0 Å². The van der Waals surface area contributed by atoms with Crippen LogP contribution in [0, 0.1) is 0 Å². The first-order chi connectivity index (χ1) is 9.78. The number of nitrogens with one attached hydrogen (secondary N) is 1. The highest BCUT2D eigenvalue weighted by molar-refractivity contribution is 7.09. The van der Waals surface area contributed by atoms with Gasteiger partial charge in [0, 0.05) is 17.0 Å². The number of aromatic nitrogens is 3. The SMILES string of the molecule is CCn1nnc2cc(C(=O)NCc3cccs3)ccc21. The lowest BCUT2D eigenvalue weighted by atomic mass is 10.2. The predicted octanol–water partition coefficient (Wildman–Crippen LogP) is 2.44. The van der Waals surface area contributed by atoms with Crippen molar-refractivity contribution in [2.45, 2.75) is 20.0 Å². The fourth-order valence-corrected chi connectivity index (χ4v) is 2.67. The zero-order valence-corrected chi connectivity index (χ0v) is 11.9. The molecule has 0 radical (unpaired) electrons. The van der Waals surface area contributed by atoms with Crippen LogP contribution in [-0.4, -0.2) is 20.9 Å². The van der Waals surface area contributed by atoms with Gasteiger partial charge in [0.15, 0.2) is 0 Å². The van der Waals surface area contributed by atoms with E-state index in [1.165, 1.54) is 0 Å². The molecular weight excluding hydrogens is 272 g/mol. The highest BCUT2D eigenvalue weighted by atomic mass is 32.1. The van der Waals surface area contributed by atoms with Crippen LogP contribution < -0.4 is 5.32 Å². The van der Waals surface area contributed by atoms with Crippen molar-refractivity contribution in [3.8, 4) is 0 Å². The molecule has 0 fully saturated rings. The van der Waals surface area contributed by atoms with Gasteiger partial charge in [0.05, 0.1) is 12.1 Å². The van der Waals surface area contributed by atoms with Crippen molar-refractivity contribution in [1.82, 2.24) is 20.3 Å². The van der Waals surface area contributed by atoms with Crippen molar-refractivity contribution in [1.29, 1.82) is 0 Å². The van der Waals surface area contributed by atoms with Gasteiger partial charge in [-0.15, -0.1) is 16.4 Å². The minimum atomic E-state index is -0.0913. The summed E-state index contributed by atoms with van der Waals surface area (Å²) in [5.74, 6) is -0.0913. The minimum Gasteiger partial charge on any atom is -0.347 e. The first-order valence-electron chi connectivity index (χ1n) is 6.41. The van der Waals surface area contributed by atoms with Crippen molar-refractivity contribution in [2.75, 3.05) is 0 Å². The van der Waals surface area contributed by atoms with Crippen molar-refractivity contribution in [2.24, 2.45) is 0 Å². The molecule has 1 N–H and O–H groups in total. The monoisotopic (exact) mass is 286 g/mol. The zero-order valence-electron chi connectivity index (χ0n) is 11.0. The minimum absolute atomic E-state index is 0.0913. The molecule has 0 aliphatic heterocycles. The molecule has 0 aliphatic carbocycles. The summed E-state index contributed by atoms with van der Waals surface area (Å²) >= 11 is 1.63. The Morgan fingerprint density at radius 3 is 3.05 bits per heavy atom. The molecule has 0 unspecified atom stereocenters. The highest BCUT2D eigenvalue weighted by Crippen LogP contribution is 2.14. The predicted molar refractivity (Wildman–Crippen MR) is 78.7 cm³/mol. The standard InChI is InChI=1S/C14H14N4OS/c1-2-18-13-6-5-10(8-12(13)16-17-18)14(19)15-9-11-4-3-7-20-11/h3-8H,2,9H2,1H3,(H,15,19). The Morgan fingerprint density at radius 2 is 2.30 bits per heavy atom. The number of thiophene rings is 1. The first-order valence-corrected chi connectivity index (χ1v) is 7.29. The summed E-state index contributed by atoms with van der Waals surface area (Å²) in [6.07, 6.45) is 0. The topological polar surface area (TPSA) is 59.8 Å². The molecule has 5 nitrogen and oxygen atoms in total. The summed E-state index contributed by atoms with van der Waals surface area (Å²) in [6.45, 7) is 3.33. The van der Waals surface area contributed by atoms with Gasteiger partial charge in [0.1, 0.15) is 5.52 Å². The Bertz CT molecular complexity index is 733. The Hall–Kier alpha value is -2.21. The van der Waals surface area contributed by atoms with Gasteiger partial charge in [-0.3, -0.25) is 4.79 Å². The van der Waals surface area contributed by atoms with Gasteiger partial charge < -0.3 is 5.32 Å². The third kappa shape index (κ3) is 2.42. The molecule has 0 spiro atoms. The number of benzene rings is 1. The molecule has 0 atom stereocenters. The van der Waals surface area contributed by atoms with E-state index >= 15 is 0 Å². The highest BCUT2D eigenvalue weighted by Gasteiger charge is 2.09. The van der Waals surface area contributed by atoms with Crippen LogP contribution in [0.2, 0.25) is 0 Å². The van der Waals surface area contributed by atoms with Gasteiger partial charge >= 0.3 is 0 Å². The fourth-order valence-electron chi connectivity index (χ4n) is 2.03. The van der Waals surface area contributed by atoms with Crippen molar-refractivity contribution >= 4 is 28.3 Å². The first kappa shape index (κ1) is 12.8. The summed E-state index contributed by atoms with van der Waals surface area (Å²) in [4.78, 5) is 13.2. The lowest BCUT2D eigenvalue weighted by Gasteiger charge is -2.04. The molecule has 0 saturated carbocycles. The van der Waals surface area contributed by atoms with E-state index in [1.807, 2.05) is 41.3 Å². The van der Waals surface area contributed by atoms with Gasteiger partial charge in [-0.25, -0.2) is 4.68 Å². The summed E-state index contributed by atoms with van der Waals surface area (Å²) in [7, 11) is 0. The number of hydrogen-bond acceptors (Lipinski definition) is 4. The molecule has 0 saturated heterocycles. The summed E-state index contributed by atoms with van der Waals surface area (Å²) in [6, 6.07) is 9.45. The second-order valence-corrected chi connectivity index (χ2v) is 5.40. The van der Waals surface area contributed by atoms with E-state index in [9.17, 15) is 4.79 Å². The van der Waals surface area contributed by atoms with Crippen LogP contribution in [0.25, 0.3) is 11.0 Å². The molecule has 3 aromatic rings. The average molecular weight is 286 g/mol. The summed E-state index contributed by atoms with van der Waals surface area (Å²) in [5.41, 5.74) is 2.30. The second-order valence-electron chi connectivity index (χ2n) is 4.37. The van der Waals surface area contributed by atoms with E-state index < -0.39 is 0 Å². The number of nitrogens with zero attached hydrogens (tertiary/aromatic N) is 3. The molecule has 2 heterocycles. The van der Waals surface area contributed by atoms with E-state index in [-0.39, 0.29) is 5.91 Å². The fraction of sp³-hybridized carbons (Fsp3) is 0.214. The van der Waals surface area contributed by atoms with E-state index in [0.717, 1.165) is 22.5 Å². The lowest BCUT2D eigenvalue weighted by Crippen LogP contribution is -2.22. The van der Waals surface area contributed by atoms with Crippen molar-refractivity contribution < 1.29 is 4.79 Å². The van der Waals surface area contributed by atoms with Crippen LogP contribution in [0.15, 0.2) is 35.7 Å². The van der Waals surface area contributed by atoms with Crippen LogP contribution in [0.1, 0.15) is 22.2 Å². The number of amides is 1. The van der Waals surface area contributed by atoms with E-state index in [4.69, 9.17) is 0 Å². The molecule has 1 amide bonds. The number of carbonyl (C=O) groups is 1. The molecule has 3 rings (SSSR count). The maximum atomic E-state index is 12.1. The summed E-state index contributed by atoms with van der Waals surface area (Å²) in [5, 5.41) is 13.0. The molecule has 102 valence electrons. The number of hydrogen-bond donors (Lipinski definition) is 1. The number of rotatable bonds is 4. The number of fused-ring (bicyclic) bond motifs is 1. The zero-order chi connectivity index (χ0) is 13.9. The average Bonchev–Trinajstić information content (AvgIpc) is 3.13. The van der Waals surface area contributed by atoms with Gasteiger partial charge in [-0.1, -0.05) is 11.3 Å². The maximum Gasteiger partial charge on any atom is 0.251 e. The third-order valence-corrected chi connectivity index (χ3v) is 3.96. The van der Waals surface area contributed by atoms with E-state index in [0.29, 0.717) is 12.1 Å². The molecule has 2 aromatic heterocycles. The Balaban J connectivity index is 1.77. The van der Waals surface area contributed by atoms with Crippen molar-refractivity contribution in [3.63, 3.8) is 0 Å². The van der Waals surface area contributed by atoms with Gasteiger partial charge in [-0.2, -0.15) is 0 Å². The molecular formula is C14H14N4OS. The molecule has 0 aliphatic rings. The second kappa shape index (κ2) is 5.42. The van der Waals surface area contributed by atoms with Gasteiger partial charge in [0.25, 0.3) is 5.91 Å². The summed E-state index contributed by atoms with van der Waals surface area (Å²) < 4.78 is 1.81. The van der Waals surface area contributed by atoms with Gasteiger partial charge in [-0.05, 0) is 36.6 Å². The molecule has 1 aromatic carbocycles. The Kier molecular flexibility index (Phi) is 3.47. The molecule has 6 heteroatoms. The van der Waals surface area contributed by atoms with E-state index in [2.05, 4.69) is 15.6 Å². The number of carbonyl (C=O) groups excluding carboxylic acids is 1. The molecule has 0 bridgehead atoms. The third-order valence-electron chi connectivity index (χ3n) is 3.08. The van der Waals surface area contributed by atoms with Crippen LogP contribution >= 0.6 is 11.3 Å². The van der Waals surface area contributed by atoms with Crippen molar-refractivity contribution in [3.05, 3.63) is 46.2 Å². The smallest absolute Gasteiger partial charge is 0.251 e. The van der Waals surface area contributed by atoms with E-state index in [1.54, 1.807) is 17.4 Å². The quantitative estimate of drug-likeness (QED) is 0.801. The number of aryl methyl sites for hydroxylation is 1. The lowest BCUT2D eigenvalue weighted by molar-refractivity contribution is 0.0951. The Labute approximate surface area is 120 Å². The van der Waals surface area contributed by atoms with Gasteiger partial charge in [0.2, 0.25) is 0 Å². The largest absolute Gasteiger partial charge is 0.347 e. The Morgan fingerprint density at radius 1 is 1.40 bits per heavy atom. The van der Waals surface area contributed by atoms with Crippen LogP contribution in [0.5, 0.6) is 0 Å². The van der Waals surface area contributed by atoms with Crippen LogP contribution in [0.3, 0.4) is 0 Å². The molecule has 20 heavy (non-hydrogen) atoms. The maximum absolute atomic E-state index is 12.1.